The standard InChI is InChI=1S/C22H21N3O4S/c1-28-18-9-8-14(10-19(18)29-2)16-11-20(26)25-22(17(16)12-23)30-13-21(27)24-15-6-4-3-5-7-15/h3-10,16H,11,13H2,1-2H3,(H,24,27)(H,25,26). The van der Waals surface area contributed by atoms with Gasteiger partial charge in [0.1, 0.15) is 0 Å². The van der Waals surface area contributed by atoms with Crippen LogP contribution in [0.4, 0.5) is 5.69 Å². The maximum absolute atomic E-state index is 12.3. The second-order valence-corrected chi connectivity index (χ2v) is 7.46. The molecule has 8 heteroatoms. The Labute approximate surface area is 179 Å². The third-order valence-electron chi connectivity index (χ3n) is 4.57. The van der Waals surface area contributed by atoms with Crippen LogP contribution in [0.3, 0.4) is 0 Å². The summed E-state index contributed by atoms with van der Waals surface area (Å²) in [7, 11) is 3.07. The minimum Gasteiger partial charge on any atom is -0.493 e. The molecular formula is C22H21N3O4S. The number of anilines is 1. The summed E-state index contributed by atoms with van der Waals surface area (Å²) in [5.41, 5.74) is 1.87. The number of nitrogens with zero attached hydrogens (tertiary/aromatic N) is 1. The average molecular weight is 423 g/mol. The summed E-state index contributed by atoms with van der Waals surface area (Å²) in [5, 5.41) is 15.7. The van der Waals surface area contributed by atoms with Crippen LogP contribution < -0.4 is 20.1 Å². The Morgan fingerprint density at radius 1 is 1.20 bits per heavy atom. The van der Waals surface area contributed by atoms with E-state index in [1.54, 1.807) is 31.4 Å². The summed E-state index contributed by atoms with van der Waals surface area (Å²) in [6.07, 6.45) is 0.138. The second kappa shape index (κ2) is 9.85. The van der Waals surface area contributed by atoms with E-state index in [1.165, 1.54) is 7.11 Å². The molecule has 0 saturated heterocycles. The van der Waals surface area contributed by atoms with Crippen LogP contribution in [0.5, 0.6) is 11.5 Å². The molecule has 1 aliphatic rings. The van der Waals surface area contributed by atoms with Gasteiger partial charge in [-0.25, -0.2) is 0 Å². The maximum atomic E-state index is 12.3. The van der Waals surface area contributed by atoms with Gasteiger partial charge in [0.15, 0.2) is 11.5 Å². The SMILES string of the molecule is COc1ccc(C2CC(=O)NC(SCC(=O)Nc3ccccc3)=C2C#N)cc1OC. The molecule has 2 aromatic rings. The molecule has 7 nitrogen and oxygen atoms in total. The van der Waals surface area contributed by atoms with E-state index >= 15 is 0 Å². The summed E-state index contributed by atoms with van der Waals surface area (Å²) >= 11 is 1.13. The van der Waals surface area contributed by atoms with Crippen LogP contribution in [0.15, 0.2) is 59.1 Å². The number of thioether (sulfide) groups is 1. The largest absolute Gasteiger partial charge is 0.493 e. The van der Waals surface area contributed by atoms with Crippen molar-refractivity contribution < 1.29 is 19.1 Å². The van der Waals surface area contributed by atoms with E-state index in [0.29, 0.717) is 27.8 Å². The molecule has 2 amide bonds. The van der Waals surface area contributed by atoms with E-state index < -0.39 is 5.92 Å². The van der Waals surface area contributed by atoms with Gasteiger partial charge in [0.2, 0.25) is 11.8 Å². The molecule has 0 spiro atoms. The van der Waals surface area contributed by atoms with Crippen LogP contribution in [0, 0.1) is 11.3 Å². The number of nitrogens with one attached hydrogen (secondary N) is 2. The van der Waals surface area contributed by atoms with Gasteiger partial charge >= 0.3 is 0 Å². The molecular weight excluding hydrogens is 402 g/mol. The van der Waals surface area contributed by atoms with Crippen LogP contribution in [0.25, 0.3) is 0 Å². The van der Waals surface area contributed by atoms with Crippen molar-refractivity contribution in [3.8, 4) is 17.6 Å². The predicted octanol–water partition coefficient (Wildman–Crippen LogP) is 3.41. The average Bonchev–Trinajstić information content (AvgIpc) is 2.77. The Kier molecular flexibility index (Phi) is 6.99. The Bertz CT molecular complexity index is 1010. The number of carbonyl (C=O) groups is 2. The molecule has 2 aromatic carbocycles. The lowest BCUT2D eigenvalue weighted by molar-refractivity contribution is -0.121. The highest BCUT2D eigenvalue weighted by Gasteiger charge is 2.30. The van der Waals surface area contributed by atoms with E-state index in [1.807, 2.05) is 24.3 Å². The number of rotatable bonds is 7. The molecule has 0 fully saturated rings. The number of hydrogen-bond acceptors (Lipinski definition) is 6. The first kappa shape index (κ1) is 21.3. The number of amides is 2. The van der Waals surface area contributed by atoms with Gasteiger partial charge in [-0.2, -0.15) is 5.26 Å². The Balaban J connectivity index is 1.80. The molecule has 1 heterocycles. The number of nitriles is 1. The quantitative estimate of drug-likeness (QED) is 0.708. The number of benzene rings is 2. The van der Waals surface area contributed by atoms with Gasteiger partial charge in [0.05, 0.1) is 36.6 Å². The van der Waals surface area contributed by atoms with Crippen LogP contribution in [0.1, 0.15) is 17.9 Å². The first-order valence-electron chi connectivity index (χ1n) is 9.19. The van der Waals surface area contributed by atoms with Crippen LogP contribution in [0.2, 0.25) is 0 Å². The van der Waals surface area contributed by atoms with Crippen molar-refractivity contribution in [2.45, 2.75) is 12.3 Å². The molecule has 1 unspecified atom stereocenters. The van der Waals surface area contributed by atoms with Gasteiger partial charge in [-0.1, -0.05) is 36.0 Å². The summed E-state index contributed by atoms with van der Waals surface area (Å²) in [4.78, 5) is 24.6. The number of para-hydroxylation sites is 1. The van der Waals surface area contributed by atoms with Gasteiger partial charge in [-0.15, -0.1) is 0 Å². The fourth-order valence-electron chi connectivity index (χ4n) is 3.14. The van der Waals surface area contributed by atoms with E-state index in [4.69, 9.17) is 9.47 Å². The lowest BCUT2D eigenvalue weighted by Crippen LogP contribution is -2.31. The van der Waals surface area contributed by atoms with Crippen molar-refractivity contribution in [3.05, 3.63) is 64.7 Å². The smallest absolute Gasteiger partial charge is 0.234 e. The summed E-state index contributed by atoms with van der Waals surface area (Å²) in [6, 6.07) is 16.6. The van der Waals surface area contributed by atoms with Crippen LogP contribution >= 0.6 is 11.8 Å². The monoisotopic (exact) mass is 423 g/mol. The first-order valence-corrected chi connectivity index (χ1v) is 10.2. The number of methoxy groups -OCH3 is 2. The molecule has 2 N–H and O–H groups in total. The molecule has 0 saturated carbocycles. The fourth-order valence-corrected chi connectivity index (χ4v) is 4.02. The minimum atomic E-state index is -0.428. The number of hydrogen-bond donors (Lipinski definition) is 2. The molecule has 0 aromatic heterocycles. The van der Waals surface area contributed by atoms with E-state index in [-0.39, 0.29) is 24.0 Å². The molecule has 154 valence electrons. The fraction of sp³-hybridized carbons (Fsp3) is 0.227. The predicted molar refractivity (Wildman–Crippen MR) is 115 cm³/mol. The molecule has 1 atom stereocenters. The van der Waals surface area contributed by atoms with Gasteiger partial charge < -0.3 is 20.1 Å². The Morgan fingerprint density at radius 3 is 2.60 bits per heavy atom. The van der Waals surface area contributed by atoms with Gasteiger partial charge in [-0.3, -0.25) is 9.59 Å². The van der Waals surface area contributed by atoms with Crippen LogP contribution in [-0.2, 0) is 9.59 Å². The first-order chi connectivity index (χ1) is 14.5. The van der Waals surface area contributed by atoms with Crippen LogP contribution in [-0.4, -0.2) is 31.8 Å². The maximum Gasteiger partial charge on any atom is 0.234 e. The van der Waals surface area contributed by atoms with Crippen molar-refractivity contribution in [2.75, 3.05) is 25.3 Å². The van der Waals surface area contributed by atoms with E-state index in [2.05, 4.69) is 16.7 Å². The number of allylic oxidation sites excluding steroid dienone is 1. The zero-order chi connectivity index (χ0) is 21.5. The third-order valence-corrected chi connectivity index (χ3v) is 5.59. The normalized spacial score (nSPS) is 15.8. The third kappa shape index (κ3) is 4.93. The topological polar surface area (TPSA) is 100 Å². The highest BCUT2D eigenvalue weighted by atomic mass is 32.2. The lowest BCUT2D eigenvalue weighted by Gasteiger charge is -2.25. The van der Waals surface area contributed by atoms with Crippen molar-refractivity contribution in [2.24, 2.45) is 0 Å². The molecule has 0 bridgehead atoms. The molecule has 0 aliphatic carbocycles. The number of ether oxygens (including phenoxy) is 2. The van der Waals surface area contributed by atoms with Gasteiger partial charge in [0, 0.05) is 18.0 Å². The van der Waals surface area contributed by atoms with Crippen molar-refractivity contribution in [1.82, 2.24) is 5.32 Å². The summed E-state index contributed by atoms with van der Waals surface area (Å²) < 4.78 is 10.6. The van der Waals surface area contributed by atoms with Gasteiger partial charge in [0.25, 0.3) is 0 Å². The highest BCUT2D eigenvalue weighted by Crippen LogP contribution is 2.39. The molecule has 1 aliphatic heterocycles. The highest BCUT2D eigenvalue weighted by molar-refractivity contribution is 8.03. The number of carbonyl (C=O) groups excluding carboxylic acids is 2. The van der Waals surface area contributed by atoms with E-state index in [9.17, 15) is 14.9 Å². The lowest BCUT2D eigenvalue weighted by atomic mass is 9.87. The molecule has 30 heavy (non-hydrogen) atoms. The zero-order valence-electron chi connectivity index (χ0n) is 16.6. The zero-order valence-corrected chi connectivity index (χ0v) is 17.4. The van der Waals surface area contributed by atoms with E-state index in [0.717, 1.165) is 17.3 Å². The summed E-state index contributed by atoms with van der Waals surface area (Å²) in [5.74, 6) is 0.293. The van der Waals surface area contributed by atoms with Crippen molar-refractivity contribution in [3.63, 3.8) is 0 Å². The molecule has 0 radical (unpaired) electrons. The molecule has 3 rings (SSSR count). The second-order valence-electron chi connectivity index (χ2n) is 6.48. The van der Waals surface area contributed by atoms with Crippen molar-refractivity contribution >= 4 is 29.3 Å². The van der Waals surface area contributed by atoms with Crippen molar-refractivity contribution in [1.29, 1.82) is 5.26 Å². The van der Waals surface area contributed by atoms with Gasteiger partial charge in [-0.05, 0) is 29.8 Å². The summed E-state index contributed by atoms with van der Waals surface area (Å²) in [6.45, 7) is 0. The minimum absolute atomic E-state index is 0.0638. The Hall–Kier alpha value is -3.44. The Morgan fingerprint density at radius 2 is 1.93 bits per heavy atom.